The van der Waals surface area contributed by atoms with Gasteiger partial charge in [0.15, 0.2) is 22.5 Å². The molecule has 1 aliphatic rings. The van der Waals surface area contributed by atoms with Crippen LogP contribution in [0.15, 0.2) is 46.2 Å². The van der Waals surface area contributed by atoms with Crippen molar-refractivity contribution in [2.24, 2.45) is 7.05 Å². The van der Waals surface area contributed by atoms with Crippen LogP contribution >= 0.6 is 11.8 Å². The van der Waals surface area contributed by atoms with Crippen LogP contribution in [0.1, 0.15) is 34.8 Å². The van der Waals surface area contributed by atoms with Crippen LogP contribution in [0, 0.1) is 0 Å². The van der Waals surface area contributed by atoms with Gasteiger partial charge in [0.1, 0.15) is 0 Å². The molecule has 0 bridgehead atoms. The average molecular weight is 353 g/mol. The SMILES string of the molecule is C[C@H](Sc1nnc(-c2ccco2)n1C)C(=O)c1ccc2c(c1)CCC2. The Balaban J connectivity index is 1.52. The highest BCUT2D eigenvalue weighted by Gasteiger charge is 2.22. The molecule has 128 valence electrons. The molecule has 0 radical (unpaired) electrons. The highest BCUT2D eigenvalue weighted by molar-refractivity contribution is 8.00. The number of furan rings is 1. The Morgan fingerprint density at radius 2 is 2.08 bits per heavy atom. The van der Waals surface area contributed by atoms with Crippen LogP contribution in [-0.4, -0.2) is 25.8 Å². The lowest BCUT2D eigenvalue weighted by Gasteiger charge is -2.11. The highest BCUT2D eigenvalue weighted by Crippen LogP contribution is 2.29. The molecule has 0 aliphatic heterocycles. The first-order valence-electron chi connectivity index (χ1n) is 8.39. The molecule has 1 aliphatic carbocycles. The smallest absolute Gasteiger partial charge is 0.200 e. The van der Waals surface area contributed by atoms with Crippen molar-refractivity contribution in [2.45, 2.75) is 36.6 Å². The summed E-state index contributed by atoms with van der Waals surface area (Å²) < 4.78 is 7.24. The average Bonchev–Trinajstić information content (AvgIpc) is 3.35. The minimum absolute atomic E-state index is 0.127. The molecule has 0 unspecified atom stereocenters. The number of carbonyl (C=O) groups excluding carboxylic acids is 1. The maximum atomic E-state index is 12.8. The number of hydrogen-bond donors (Lipinski definition) is 0. The van der Waals surface area contributed by atoms with Crippen molar-refractivity contribution in [1.82, 2.24) is 14.8 Å². The van der Waals surface area contributed by atoms with E-state index < -0.39 is 0 Å². The van der Waals surface area contributed by atoms with E-state index in [0.29, 0.717) is 16.7 Å². The van der Waals surface area contributed by atoms with E-state index in [9.17, 15) is 4.79 Å². The van der Waals surface area contributed by atoms with Crippen molar-refractivity contribution >= 4 is 17.5 Å². The molecule has 0 spiro atoms. The summed E-state index contributed by atoms with van der Waals surface area (Å²) in [6.45, 7) is 1.92. The lowest BCUT2D eigenvalue weighted by molar-refractivity contribution is 0.0993. The van der Waals surface area contributed by atoms with Crippen LogP contribution < -0.4 is 0 Å². The van der Waals surface area contributed by atoms with Gasteiger partial charge in [0, 0.05) is 12.6 Å². The molecule has 0 amide bonds. The zero-order valence-corrected chi connectivity index (χ0v) is 15.0. The van der Waals surface area contributed by atoms with Crippen LogP contribution in [0.4, 0.5) is 0 Å². The zero-order chi connectivity index (χ0) is 17.4. The van der Waals surface area contributed by atoms with Crippen LogP contribution in [0.25, 0.3) is 11.6 Å². The fraction of sp³-hybridized carbons (Fsp3) is 0.316. The summed E-state index contributed by atoms with van der Waals surface area (Å²) in [5, 5.41) is 8.86. The van der Waals surface area contributed by atoms with Crippen molar-refractivity contribution in [3.05, 3.63) is 53.3 Å². The fourth-order valence-electron chi connectivity index (χ4n) is 3.21. The number of nitrogens with zero attached hydrogens (tertiary/aromatic N) is 3. The van der Waals surface area contributed by atoms with Gasteiger partial charge in [-0.05, 0) is 55.5 Å². The van der Waals surface area contributed by atoms with Crippen molar-refractivity contribution in [3.8, 4) is 11.6 Å². The molecule has 3 aromatic rings. The van der Waals surface area contributed by atoms with Crippen LogP contribution in [0.5, 0.6) is 0 Å². The van der Waals surface area contributed by atoms with E-state index in [4.69, 9.17) is 4.42 Å². The minimum Gasteiger partial charge on any atom is -0.461 e. The number of benzene rings is 1. The quantitative estimate of drug-likeness (QED) is 0.514. The molecule has 0 saturated heterocycles. The van der Waals surface area contributed by atoms with E-state index in [0.717, 1.165) is 18.4 Å². The topological polar surface area (TPSA) is 60.9 Å². The van der Waals surface area contributed by atoms with Gasteiger partial charge in [0.25, 0.3) is 0 Å². The van der Waals surface area contributed by atoms with Crippen LogP contribution in [0.3, 0.4) is 0 Å². The summed E-state index contributed by atoms with van der Waals surface area (Å²) in [5.74, 6) is 1.45. The molecule has 2 heterocycles. The van der Waals surface area contributed by atoms with E-state index in [1.54, 1.807) is 6.26 Å². The number of hydrogen-bond acceptors (Lipinski definition) is 5. The maximum absolute atomic E-state index is 12.8. The lowest BCUT2D eigenvalue weighted by Crippen LogP contribution is -2.14. The third kappa shape index (κ3) is 3.02. The van der Waals surface area contributed by atoms with Gasteiger partial charge in [0.05, 0.1) is 11.5 Å². The number of thioether (sulfide) groups is 1. The molecule has 25 heavy (non-hydrogen) atoms. The van der Waals surface area contributed by atoms with E-state index in [1.807, 2.05) is 36.7 Å². The summed E-state index contributed by atoms with van der Waals surface area (Å²) >= 11 is 1.42. The first-order valence-corrected chi connectivity index (χ1v) is 9.27. The van der Waals surface area contributed by atoms with Crippen LogP contribution in [0.2, 0.25) is 0 Å². The number of fused-ring (bicyclic) bond motifs is 1. The van der Waals surface area contributed by atoms with Gasteiger partial charge < -0.3 is 8.98 Å². The van der Waals surface area contributed by atoms with Crippen molar-refractivity contribution in [3.63, 3.8) is 0 Å². The van der Waals surface area contributed by atoms with E-state index >= 15 is 0 Å². The molecule has 1 aromatic carbocycles. The van der Waals surface area contributed by atoms with Gasteiger partial charge in [-0.1, -0.05) is 23.9 Å². The van der Waals surface area contributed by atoms with Crippen molar-refractivity contribution in [2.75, 3.05) is 0 Å². The fourth-order valence-corrected chi connectivity index (χ4v) is 4.10. The third-order valence-corrected chi connectivity index (χ3v) is 5.74. The van der Waals surface area contributed by atoms with Crippen molar-refractivity contribution in [1.29, 1.82) is 0 Å². The molecule has 1 atom stereocenters. The molecule has 2 aromatic heterocycles. The predicted octanol–water partition coefficient (Wildman–Crippen LogP) is 3.93. The summed E-state index contributed by atoms with van der Waals surface area (Å²) in [6, 6.07) is 9.78. The van der Waals surface area contributed by atoms with Gasteiger partial charge in [-0.2, -0.15) is 0 Å². The van der Waals surface area contributed by atoms with Gasteiger partial charge >= 0.3 is 0 Å². The normalized spacial score (nSPS) is 14.5. The second kappa shape index (κ2) is 6.52. The Bertz CT molecular complexity index is 915. The van der Waals surface area contributed by atoms with Crippen molar-refractivity contribution < 1.29 is 9.21 Å². The Kier molecular flexibility index (Phi) is 4.21. The lowest BCUT2D eigenvalue weighted by atomic mass is 10.0. The van der Waals surface area contributed by atoms with E-state index in [2.05, 4.69) is 22.3 Å². The second-order valence-corrected chi connectivity index (χ2v) is 7.61. The summed E-state index contributed by atoms with van der Waals surface area (Å²) in [4.78, 5) is 12.8. The number of aromatic nitrogens is 3. The molecular weight excluding hydrogens is 334 g/mol. The van der Waals surface area contributed by atoms with Gasteiger partial charge in [0.2, 0.25) is 0 Å². The Morgan fingerprint density at radius 3 is 2.88 bits per heavy atom. The number of Topliss-reactive ketones (excluding diaryl/α,β-unsaturated/α-hetero) is 1. The Morgan fingerprint density at radius 1 is 1.24 bits per heavy atom. The van der Waals surface area contributed by atoms with Gasteiger partial charge in [-0.3, -0.25) is 4.79 Å². The Labute approximate surface area is 150 Å². The predicted molar refractivity (Wildman–Crippen MR) is 96.8 cm³/mol. The summed E-state index contributed by atoms with van der Waals surface area (Å²) in [7, 11) is 1.88. The summed E-state index contributed by atoms with van der Waals surface area (Å²) in [6.07, 6.45) is 5.00. The first kappa shape index (κ1) is 16.1. The summed E-state index contributed by atoms with van der Waals surface area (Å²) in [5.41, 5.74) is 3.49. The monoisotopic (exact) mass is 353 g/mol. The van der Waals surface area contributed by atoms with Crippen LogP contribution in [-0.2, 0) is 19.9 Å². The highest BCUT2D eigenvalue weighted by atomic mass is 32.2. The van der Waals surface area contributed by atoms with E-state index in [1.165, 1.54) is 29.3 Å². The number of rotatable bonds is 5. The van der Waals surface area contributed by atoms with E-state index in [-0.39, 0.29) is 11.0 Å². The second-order valence-electron chi connectivity index (χ2n) is 6.30. The third-order valence-electron chi connectivity index (χ3n) is 4.61. The first-order chi connectivity index (χ1) is 12.1. The minimum atomic E-state index is -0.230. The molecule has 5 nitrogen and oxygen atoms in total. The Hall–Kier alpha value is -2.34. The molecule has 0 saturated carbocycles. The number of aryl methyl sites for hydroxylation is 2. The number of carbonyl (C=O) groups is 1. The standard InChI is InChI=1S/C19H19N3O2S/c1-12(17(23)15-9-8-13-5-3-6-14(13)11-15)25-19-21-20-18(22(19)2)16-7-4-10-24-16/h4,7-12H,3,5-6H2,1-2H3/t12-/m0/s1. The zero-order valence-electron chi connectivity index (χ0n) is 14.2. The largest absolute Gasteiger partial charge is 0.461 e. The molecular formula is C19H19N3O2S. The van der Waals surface area contributed by atoms with Gasteiger partial charge in [-0.25, -0.2) is 0 Å². The molecule has 4 rings (SSSR count). The molecule has 6 heteroatoms. The van der Waals surface area contributed by atoms with Gasteiger partial charge in [-0.15, -0.1) is 10.2 Å². The molecule has 0 N–H and O–H groups in total. The maximum Gasteiger partial charge on any atom is 0.200 e. The number of ketones is 1. The molecule has 0 fully saturated rings.